The molecule has 76 valence electrons. The van der Waals surface area contributed by atoms with E-state index in [-0.39, 0.29) is 6.04 Å². The van der Waals surface area contributed by atoms with Gasteiger partial charge < -0.3 is 5.32 Å². The minimum atomic E-state index is 0.205. The van der Waals surface area contributed by atoms with Crippen LogP contribution in [0.5, 0.6) is 0 Å². The number of dihydropyridines is 1. The number of aliphatic imine (C=N–C) groups is 1. The van der Waals surface area contributed by atoms with Gasteiger partial charge in [0, 0.05) is 6.21 Å². The highest BCUT2D eigenvalue weighted by Crippen LogP contribution is 2.11. The minimum absolute atomic E-state index is 0.205. The Morgan fingerprint density at radius 3 is 2.67 bits per heavy atom. The van der Waals surface area contributed by atoms with E-state index in [0.717, 1.165) is 5.69 Å². The first-order chi connectivity index (χ1) is 7.34. The second-order valence-corrected chi connectivity index (χ2v) is 3.55. The van der Waals surface area contributed by atoms with Crippen LogP contribution in [0, 0.1) is 6.92 Å². The van der Waals surface area contributed by atoms with Crippen molar-refractivity contribution in [2.45, 2.75) is 13.0 Å². The van der Waals surface area contributed by atoms with Crippen molar-refractivity contribution < 1.29 is 0 Å². The Hall–Kier alpha value is -1.83. The van der Waals surface area contributed by atoms with Crippen LogP contribution in [0.15, 0.2) is 53.7 Å². The van der Waals surface area contributed by atoms with Crippen molar-refractivity contribution in [3.05, 3.63) is 54.3 Å². The van der Waals surface area contributed by atoms with Crippen LogP contribution >= 0.6 is 0 Å². The Labute approximate surface area is 90.0 Å². The lowest BCUT2D eigenvalue weighted by Crippen LogP contribution is -2.24. The third-order valence-electron chi connectivity index (χ3n) is 2.23. The summed E-state index contributed by atoms with van der Waals surface area (Å²) in [7, 11) is 0. The number of hydrogen-bond donors (Lipinski definition) is 1. The van der Waals surface area contributed by atoms with Crippen LogP contribution < -0.4 is 5.32 Å². The second kappa shape index (κ2) is 4.60. The average molecular weight is 198 g/mol. The van der Waals surface area contributed by atoms with Gasteiger partial charge in [0.25, 0.3) is 0 Å². The minimum Gasteiger partial charge on any atom is -0.380 e. The summed E-state index contributed by atoms with van der Waals surface area (Å²) >= 11 is 0. The lowest BCUT2D eigenvalue weighted by molar-refractivity contribution is 0.878. The molecule has 0 aliphatic carbocycles. The summed E-state index contributed by atoms with van der Waals surface area (Å²) in [5, 5.41) is 3.18. The smallest absolute Gasteiger partial charge is 0.0798 e. The number of rotatable bonds is 2. The zero-order chi connectivity index (χ0) is 10.5. The van der Waals surface area contributed by atoms with Crippen LogP contribution in [0.3, 0.4) is 0 Å². The fourth-order valence-corrected chi connectivity index (χ4v) is 1.35. The molecule has 2 heteroatoms. The molecule has 1 aliphatic rings. The van der Waals surface area contributed by atoms with Gasteiger partial charge in [-0.15, -0.1) is 0 Å². The molecule has 0 aromatic heterocycles. The molecule has 0 saturated carbocycles. The maximum absolute atomic E-state index is 4.40. The molecule has 1 aromatic rings. The van der Waals surface area contributed by atoms with Crippen LogP contribution in [0.1, 0.15) is 5.56 Å². The molecule has 0 fully saturated rings. The van der Waals surface area contributed by atoms with E-state index in [1.807, 2.05) is 36.7 Å². The molecule has 0 bridgehead atoms. The first-order valence-corrected chi connectivity index (χ1v) is 5.05. The molecule has 1 N–H and O–H groups in total. The van der Waals surface area contributed by atoms with Crippen molar-refractivity contribution in [1.29, 1.82) is 0 Å². The summed E-state index contributed by atoms with van der Waals surface area (Å²) in [5.41, 5.74) is 2.25. The maximum atomic E-state index is 4.40. The fourth-order valence-electron chi connectivity index (χ4n) is 1.35. The molecule has 1 unspecified atom stereocenters. The van der Waals surface area contributed by atoms with Crippen LogP contribution in [0.25, 0.3) is 0 Å². The van der Waals surface area contributed by atoms with E-state index >= 15 is 0 Å². The summed E-state index contributed by atoms with van der Waals surface area (Å²) in [6.45, 7) is 2.07. The zero-order valence-corrected chi connectivity index (χ0v) is 8.72. The third-order valence-corrected chi connectivity index (χ3v) is 2.23. The molecule has 0 radical (unpaired) electrons. The van der Waals surface area contributed by atoms with Crippen molar-refractivity contribution in [1.82, 2.24) is 5.32 Å². The Kier molecular flexibility index (Phi) is 2.98. The highest BCUT2D eigenvalue weighted by molar-refractivity contribution is 5.71. The number of nitrogens with zero attached hydrogens (tertiary/aromatic N) is 1. The van der Waals surface area contributed by atoms with E-state index in [2.05, 4.69) is 35.4 Å². The highest BCUT2D eigenvalue weighted by Gasteiger charge is 1.98. The topological polar surface area (TPSA) is 24.4 Å². The molecule has 1 heterocycles. The molecule has 1 aromatic carbocycles. The molecule has 0 spiro atoms. The quantitative estimate of drug-likeness (QED) is 0.726. The van der Waals surface area contributed by atoms with Crippen LogP contribution in [0.2, 0.25) is 0 Å². The molecule has 15 heavy (non-hydrogen) atoms. The standard InChI is InChI=1S/C13H14N2/c1-11-5-7-12(8-6-11)15-10-13-4-2-3-9-14-13/h2-10,13-14H,1H3. The van der Waals surface area contributed by atoms with Crippen molar-refractivity contribution in [3.63, 3.8) is 0 Å². The number of hydrogen-bond acceptors (Lipinski definition) is 2. The summed E-state index contributed by atoms with van der Waals surface area (Å²) < 4.78 is 0. The predicted molar refractivity (Wildman–Crippen MR) is 64.5 cm³/mol. The van der Waals surface area contributed by atoms with Crippen molar-refractivity contribution >= 4 is 11.9 Å². The van der Waals surface area contributed by atoms with Gasteiger partial charge in [-0.3, -0.25) is 4.99 Å². The lowest BCUT2D eigenvalue weighted by Gasteiger charge is -2.09. The molecule has 0 saturated heterocycles. The van der Waals surface area contributed by atoms with Gasteiger partial charge in [0.05, 0.1) is 11.7 Å². The molecule has 2 rings (SSSR count). The maximum Gasteiger partial charge on any atom is 0.0798 e. The van der Waals surface area contributed by atoms with E-state index in [1.165, 1.54) is 5.56 Å². The average Bonchev–Trinajstić information content (AvgIpc) is 2.30. The van der Waals surface area contributed by atoms with Gasteiger partial charge in [0.2, 0.25) is 0 Å². The first kappa shape index (κ1) is 9.71. The Bertz CT molecular complexity index is 399. The van der Waals surface area contributed by atoms with E-state index < -0.39 is 0 Å². The summed E-state index contributed by atoms with van der Waals surface area (Å²) in [6, 6.07) is 8.38. The number of nitrogens with one attached hydrogen (secondary N) is 1. The van der Waals surface area contributed by atoms with Crippen molar-refractivity contribution in [3.8, 4) is 0 Å². The predicted octanol–water partition coefficient (Wildman–Crippen LogP) is 2.74. The highest BCUT2D eigenvalue weighted by atomic mass is 14.9. The molecular formula is C13H14N2. The fraction of sp³-hybridized carbons (Fsp3) is 0.154. The Balaban J connectivity index is 2.02. The number of allylic oxidation sites excluding steroid dienone is 2. The Morgan fingerprint density at radius 1 is 1.20 bits per heavy atom. The van der Waals surface area contributed by atoms with Crippen LogP contribution in [0.4, 0.5) is 5.69 Å². The van der Waals surface area contributed by atoms with Gasteiger partial charge in [0.1, 0.15) is 0 Å². The van der Waals surface area contributed by atoms with Crippen LogP contribution in [-0.2, 0) is 0 Å². The van der Waals surface area contributed by atoms with Crippen molar-refractivity contribution in [2.75, 3.05) is 0 Å². The van der Waals surface area contributed by atoms with Crippen molar-refractivity contribution in [2.24, 2.45) is 4.99 Å². The first-order valence-electron chi connectivity index (χ1n) is 5.05. The second-order valence-electron chi connectivity index (χ2n) is 3.55. The Morgan fingerprint density at radius 2 is 2.00 bits per heavy atom. The summed E-state index contributed by atoms with van der Waals surface area (Å²) in [6.07, 6.45) is 9.88. The zero-order valence-electron chi connectivity index (χ0n) is 8.72. The largest absolute Gasteiger partial charge is 0.380 e. The summed E-state index contributed by atoms with van der Waals surface area (Å²) in [4.78, 5) is 4.40. The van der Waals surface area contributed by atoms with E-state index in [0.29, 0.717) is 0 Å². The number of benzene rings is 1. The van der Waals surface area contributed by atoms with E-state index in [4.69, 9.17) is 0 Å². The molecule has 1 aliphatic heterocycles. The normalized spacial score (nSPS) is 19.4. The summed E-state index contributed by atoms with van der Waals surface area (Å²) in [5.74, 6) is 0. The van der Waals surface area contributed by atoms with Gasteiger partial charge in [-0.05, 0) is 31.3 Å². The van der Waals surface area contributed by atoms with Gasteiger partial charge >= 0.3 is 0 Å². The third kappa shape index (κ3) is 2.81. The van der Waals surface area contributed by atoms with Gasteiger partial charge in [-0.1, -0.05) is 29.8 Å². The van der Waals surface area contributed by atoms with Gasteiger partial charge in [-0.2, -0.15) is 0 Å². The van der Waals surface area contributed by atoms with E-state index in [1.54, 1.807) is 0 Å². The monoisotopic (exact) mass is 198 g/mol. The van der Waals surface area contributed by atoms with Gasteiger partial charge in [-0.25, -0.2) is 0 Å². The molecule has 1 atom stereocenters. The number of aryl methyl sites for hydroxylation is 1. The molecule has 0 amide bonds. The lowest BCUT2D eigenvalue weighted by atomic mass is 10.2. The SMILES string of the molecule is Cc1ccc(N=CC2C=CC=CN2)cc1. The van der Waals surface area contributed by atoms with Gasteiger partial charge in [0.15, 0.2) is 0 Å². The van der Waals surface area contributed by atoms with E-state index in [9.17, 15) is 0 Å². The molecular weight excluding hydrogens is 184 g/mol. The molecule has 2 nitrogen and oxygen atoms in total. The van der Waals surface area contributed by atoms with Crippen LogP contribution in [-0.4, -0.2) is 12.3 Å².